The fourth-order valence-electron chi connectivity index (χ4n) is 3.92. The third-order valence-corrected chi connectivity index (χ3v) is 5.86. The quantitative estimate of drug-likeness (QED) is 0.609. The Morgan fingerprint density at radius 3 is 2.42 bits per heavy atom. The minimum Gasteiger partial charge on any atom is -0.355 e. The molecule has 2 aliphatic carbocycles. The summed E-state index contributed by atoms with van der Waals surface area (Å²) in [4.78, 5) is 18.1. The molecule has 0 bridgehead atoms. The van der Waals surface area contributed by atoms with Crippen LogP contribution in [0.4, 0.5) is 0 Å². The van der Waals surface area contributed by atoms with Crippen LogP contribution in [0.5, 0.6) is 0 Å². The monoisotopic (exact) mass is 356 g/mol. The molecule has 2 aliphatic rings. The maximum absolute atomic E-state index is 11.9. The number of hydrogen-bond donors (Lipinski definition) is 2. The molecule has 5 heteroatoms. The number of benzene rings is 1. The molecule has 2 fully saturated rings. The Kier molecular flexibility index (Phi) is 6.17. The molecule has 1 amide bonds. The SMILES string of the molecule is CN(C)C(=O)CN=C(NCC1(c2ccccc2)CCC1)NC1CCCC1. The molecule has 1 aromatic carbocycles. The lowest BCUT2D eigenvalue weighted by Crippen LogP contribution is -2.50. The van der Waals surface area contributed by atoms with Crippen molar-refractivity contribution in [1.29, 1.82) is 0 Å². The lowest BCUT2D eigenvalue weighted by molar-refractivity contribution is -0.127. The fourth-order valence-corrected chi connectivity index (χ4v) is 3.92. The zero-order chi connectivity index (χ0) is 18.4. The van der Waals surface area contributed by atoms with E-state index in [0.29, 0.717) is 6.04 Å². The van der Waals surface area contributed by atoms with E-state index in [4.69, 9.17) is 0 Å². The van der Waals surface area contributed by atoms with E-state index in [1.54, 1.807) is 19.0 Å². The molecule has 0 spiro atoms. The minimum absolute atomic E-state index is 0.0268. The molecule has 3 rings (SSSR count). The molecule has 5 nitrogen and oxygen atoms in total. The number of guanidine groups is 1. The van der Waals surface area contributed by atoms with Crippen molar-refractivity contribution in [3.8, 4) is 0 Å². The van der Waals surface area contributed by atoms with Crippen LogP contribution in [0.2, 0.25) is 0 Å². The number of amides is 1. The Bertz CT molecular complexity index is 616. The Morgan fingerprint density at radius 2 is 1.85 bits per heavy atom. The van der Waals surface area contributed by atoms with Crippen molar-refractivity contribution in [3.63, 3.8) is 0 Å². The second-order valence-corrected chi connectivity index (χ2v) is 7.93. The summed E-state index contributed by atoms with van der Waals surface area (Å²) < 4.78 is 0. The van der Waals surface area contributed by atoms with E-state index in [9.17, 15) is 4.79 Å². The molecule has 142 valence electrons. The first-order chi connectivity index (χ1) is 12.6. The number of likely N-dealkylation sites (N-methyl/N-ethyl adjacent to an activating group) is 1. The number of carbonyl (C=O) groups excluding carboxylic acids is 1. The van der Waals surface area contributed by atoms with Crippen molar-refractivity contribution < 1.29 is 4.79 Å². The van der Waals surface area contributed by atoms with Gasteiger partial charge < -0.3 is 15.5 Å². The average molecular weight is 357 g/mol. The summed E-state index contributed by atoms with van der Waals surface area (Å²) in [6.45, 7) is 1.05. The van der Waals surface area contributed by atoms with E-state index in [0.717, 1.165) is 12.5 Å². The van der Waals surface area contributed by atoms with Gasteiger partial charge >= 0.3 is 0 Å². The van der Waals surface area contributed by atoms with Crippen molar-refractivity contribution in [2.45, 2.75) is 56.4 Å². The molecule has 0 atom stereocenters. The molecule has 0 heterocycles. The average Bonchev–Trinajstić information content (AvgIpc) is 3.12. The minimum atomic E-state index is 0.0268. The Labute approximate surface area is 157 Å². The van der Waals surface area contributed by atoms with Crippen LogP contribution in [0.15, 0.2) is 35.3 Å². The van der Waals surface area contributed by atoms with E-state index in [-0.39, 0.29) is 17.9 Å². The summed E-state index contributed by atoms with van der Waals surface area (Å²) >= 11 is 0. The largest absolute Gasteiger partial charge is 0.355 e. The summed E-state index contributed by atoms with van der Waals surface area (Å²) in [6.07, 6.45) is 8.61. The molecule has 0 aliphatic heterocycles. The van der Waals surface area contributed by atoms with Gasteiger partial charge in [0.1, 0.15) is 6.54 Å². The van der Waals surface area contributed by atoms with Crippen LogP contribution in [0.3, 0.4) is 0 Å². The van der Waals surface area contributed by atoms with Gasteiger partial charge in [0.05, 0.1) is 0 Å². The number of aliphatic imine (C=N–C) groups is 1. The van der Waals surface area contributed by atoms with Crippen molar-refractivity contribution in [2.24, 2.45) is 4.99 Å². The molecule has 2 N–H and O–H groups in total. The highest BCUT2D eigenvalue weighted by Gasteiger charge is 2.38. The number of hydrogen-bond acceptors (Lipinski definition) is 2. The summed E-state index contributed by atoms with van der Waals surface area (Å²) in [6, 6.07) is 11.3. The second kappa shape index (κ2) is 8.56. The smallest absolute Gasteiger partial charge is 0.243 e. The molecule has 0 unspecified atom stereocenters. The Balaban J connectivity index is 1.66. The summed E-state index contributed by atoms with van der Waals surface area (Å²) in [5, 5.41) is 7.10. The number of carbonyl (C=O) groups is 1. The number of rotatable bonds is 6. The topological polar surface area (TPSA) is 56.7 Å². The van der Waals surface area contributed by atoms with Crippen LogP contribution >= 0.6 is 0 Å². The van der Waals surface area contributed by atoms with Gasteiger partial charge in [0.2, 0.25) is 5.91 Å². The lowest BCUT2D eigenvalue weighted by Gasteiger charge is -2.43. The highest BCUT2D eigenvalue weighted by molar-refractivity contribution is 5.85. The van der Waals surface area contributed by atoms with Crippen molar-refractivity contribution in [1.82, 2.24) is 15.5 Å². The first-order valence-corrected chi connectivity index (χ1v) is 9.90. The Morgan fingerprint density at radius 1 is 1.15 bits per heavy atom. The maximum Gasteiger partial charge on any atom is 0.243 e. The van der Waals surface area contributed by atoms with Gasteiger partial charge in [-0.3, -0.25) is 4.79 Å². The molecule has 0 radical (unpaired) electrons. The molecule has 0 aromatic heterocycles. The predicted molar refractivity (Wildman–Crippen MR) is 106 cm³/mol. The zero-order valence-corrected chi connectivity index (χ0v) is 16.1. The highest BCUT2D eigenvalue weighted by Crippen LogP contribution is 2.43. The van der Waals surface area contributed by atoms with Gasteiger partial charge in [0.25, 0.3) is 0 Å². The van der Waals surface area contributed by atoms with Crippen LogP contribution in [0.25, 0.3) is 0 Å². The van der Waals surface area contributed by atoms with Crippen molar-refractivity contribution >= 4 is 11.9 Å². The summed E-state index contributed by atoms with van der Waals surface area (Å²) in [5.41, 5.74) is 1.61. The first kappa shape index (κ1) is 18.7. The zero-order valence-electron chi connectivity index (χ0n) is 16.1. The fraction of sp³-hybridized carbons (Fsp3) is 0.619. The van der Waals surface area contributed by atoms with Crippen LogP contribution in [-0.2, 0) is 10.2 Å². The first-order valence-electron chi connectivity index (χ1n) is 9.90. The normalized spacial score (nSPS) is 19.7. The van der Waals surface area contributed by atoms with Crippen LogP contribution in [0, 0.1) is 0 Å². The lowest BCUT2D eigenvalue weighted by atomic mass is 9.64. The second-order valence-electron chi connectivity index (χ2n) is 7.93. The molecule has 1 aromatic rings. The van der Waals surface area contributed by atoms with E-state index in [2.05, 4.69) is 46.0 Å². The van der Waals surface area contributed by atoms with E-state index >= 15 is 0 Å². The Hall–Kier alpha value is -2.04. The van der Waals surface area contributed by atoms with Gasteiger partial charge in [0.15, 0.2) is 5.96 Å². The molecular weight excluding hydrogens is 324 g/mol. The molecule has 26 heavy (non-hydrogen) atoms. The van der Waals surface area contributed by atoms with Crippen molar-refractivity contribution in [3.05, 3.63) is 35.9 Å². The van der Waals surface area contributed by atoms with Gasteiger partial charge in [-0.25, -0.2) is 4.99 Å². The number of nitrogens with zero attached hydrogens (tertiary/aromatic N) is 2. The van der Waals surface area contributed by atoms with E-state index in [1.807, 2.05) is 0 Å². The third kappa shape index (κ3) is 4.57. The maximum atomic E-state index is 11.9. The van der Waals surface area contributed by atoms with E-state index in [1.165, 1.54) is 50.5 Å². The summed E-state index contributed by atoms with van der Waals surface area (Å²) in [7, 11) is 3.54. The predicted octanol–water partition coefficient (Wildman–Crippen LogP) is 2.67. The standard InChI is InChI=1S/C21H32N4O/c1-25(2)19(26)15-22-20(24-18-11-6-7-12-18)23-16-21(13-8-14-21)17-9-4-3-5-10-17/h3-5,9-10,18H,6-8,11-16H2,1-2H3,(H2,22,23,24). The van der Waals surface area contributed by atoms with Gasteiger partial charge in [-0.15, -0.1) is 0 Å². The van der Waals surface area contributed by atoms with Gasteiger partial charge in [-0.05, 0) is 31.2 Å². The van der Waals surface area contributed by atoms with Crippen LogP contribution < -0.4 is 10.6 Å². The van der Waals surface area contributed by atoms with Gasteiger partial charge in [-0.2, -0.15) is 0 Å². The van der Waals surface area contributed by atoms with Gasteiger partial charge in [0, 0.05) is 32.1 Å². The number of nitrogens with one attached hydrogen (secondary N) is 2. The molecular formula is C21H32N4O. The highest BCUT2D eigenvalue weighted by atomic mass is 16.2. The third-order valence-electron chi connectivity index (χ3n) is 5.86. The van der Waals surface area contributed by atoms with Crippen LogP contribution in [-0.4, -0.2) is 50.0 Å². The van der Waals surface area contributed by atoms with Crippen LogP contribution in [0.1, 0.15) is 50.5 Å². The molecule has 2 saturated carbocycles. The van der Waals surface area contributed by atoms with Gasteiger partial charge in [-0.1, -0.05) is 49.6 Å². The van der Waals surface area contributed by atoms with Crippen molar-refractivity contribution in [2.75, 3.05) is 27.2 Å². The molecule has 0 saturated heterocycles. The summed E-state index contributed by atoms with van der Waals surface area (Å²) in [5.74, 6) is 0.813. The van der Waals surface area contributed by atoms with E-state index < -0.39 is 0 Å².